The Balaban J connectivity index is 2.43. The Bertz CT molecular complexity index is 762. The molecule has 0 aliphatic carbocycles. The molecule has 0 aliphatic heterocycles. The van der Waals surface area contributed by atoms with Crippen molar-refractivity contribution in [2.45, 2.75) is 31.3 Å². The Morgan fingerprint density at radius 3 is 2.76 bits per heavy atom. The van der Waals surface area contributed by atoms with Crippen molar-refractivity contribution >= 4 is 35.7 Å². The van der Waals surface area contributed by atoms with Crippen LogP contribution >= 0.6 is 26.6 Å². The SMILES string of the molecule is CCCc1nc(S(=O)(=O)Cl)cn1Cc1cc(F)ccc1Br. The Morgan fingerprint density at radius 2 is 2.14 bits per heavy atom. The van der Waals surface area contributed by atoms with E-state index >= 15 is 0 Å². The minimum absolute atomic E-state index is 0.180. The number of halogens is 3. The molecule has 114 valence electrons. The van der Waals surface area contributed by atoms with E-state index in [1.165, 1.54) is 18.3 Å². The summed E-state index contributed by atoms with van der Waals surface area (Å²) in [5.74, 6) is 0.253. The van der Waals surface area contributed by atoms with Gasteiger partial charge in [0.2, 0.25) is 0 Å². The zero-order valence-electron chi connectivity index (χ0n) is 11.2. The molecule has 0 saturated carbocycles. The Morgan fingerprint density at radius 1 is 1.43 bits per heavy atom. The van der Waals surface area contributed by atoms with Crippen molar-refractivity contribution in [3.63, 3.8) is 0 Å². The smallest absolute Gasteiger partial charge is 0.280 e. The first-order valence-electron chi connectivity index (χ1n) is 6.26. The number of imidazole rings is 1. The summed E-state index contributed by atoms with van der Waals surface area (Å²) >= 11 is 3.35. The van der Waals surface area contributed by atoms with Gasteiger partial charge in [0.05, 0.1) is 6.54 Å². The molecule has 0 N–H and O–H groups in total. The lowest BCUT2D eigenvalue weighted by molar-refractivity contribution is 0.606. The predicted octanol–water partition coefficient (Wildman–Crippen LogP) is 3.71. The fourth-order valence-electron chi connectivity index (χ4n) is 1.95. The number of benzene rings is 1. The fraction of sp³-hybridized carbons (Fsp3) is 0.308. The maximum atomic E-state index is 13.3. The van der Waals surface area contributed by atoms with Crippen LogP contribution in [-0.4, -0.2) is 18.0 Å². The van der Waals surface area contributed by atoms with Crippen LogP contribution in [0.2, 0.25) is 0 Å². The molecule has 4 nitrogen and oxygen atoms in total. The zero-order valence-corrected chi connectivity index (χ0v) is 14.3. The molecule has 1 aromatic carbocycles. The van der Waals surface area contributed by atoms with Crippen molar-refractivity contribution in [2.75, 3.05) is 0 Å². The molecule has 0 spiro atoms. The lowest BCUT2D eigenvalue weighted by Gasteiger charge is -2.09. The summed E-state index contributed by atoms with van der Waals surface area (Å²) < 4.78 is 38.5. The monoisotopic (exact) mass is 394 g/mol. The molecule has 0 atom stereocenters. The third-order valence-electron chi connectivity index (χ3n) is 2.91. The lowest BCUT2D eigenvalue weighted by Crippen LogP contribution is -2.05. The number of nitrogens with zero attached hydrogens (tertiary/aromatic N) is 2. The van der Waals surface area contributed by atoms with Gasteiger partial charge in [-0.2, -0.15) is 0 Å². The van der Waals surface area contributed by atoms with Crippen LogP contribution in [0.5, 0.6) is 0 Å². The van der Waals surface area contributed by atoms with E-state index in [0.29, 0.717) is 24.4 Å². The first-order chi connectivity index (χ1) is 9.81. The topological polar surface area (TPSA) is 52.0 Å². The van der Waals surface area contributed by atoms with Crippen LogP contribution in [0.4, 0.5) is 4.39 Å². The summed E-state index contributed by atoms with van der Waals surface area (Å²) in [6.07, 6.45) is 2.80. The number of hydrogen-bond acceptors (Lipinski definition) is 3. The van der Waals surface area contributed by atoms with Crippen LogP contribution in [0.1, 0.15) is 24.7 Å². The van der Waals surface area contributed by atoms with Crippen molar-refractivity contribution < 1.29 is 12.8 Å². The van der Waals surface area contributed by atoms with Crippen molar-refractivity contribution in [3.8, 4) is 0 Å². The van der Waals surface area contributed by atoms with E-state index in [4.69, 9.17) is 10.7 Å². The molecule has 1 heterocycles. The Kier molecular flexibility index (Phi) is 5.06. The van der Waals surface area contributed by atoms with Gasteiger partial charge in [0, 0.05) is 27.8 Å². The Labute approximate surface area is 135 Å². The number of hydrogen-bond donors (Lipinski definition) is 0. The van der Waals surface area contributed by atoms with Crippen molar-refractivity contribution in [3.05, 3.63) is 46.1 Å². The van der Waals surface area contributed by atoms with Gasteiger partial charge in [0.1, 0.15) is 11.6 Å². The number of aromatic nitrogens is 2. The van der Waals surface area contributed by atoms with E-state index in [2.05, 4.69) is 20.9 Å². The molecule has 0 saturated heterocycles. The standard InChI is InChI=1S/C13H13BrClFN2O2S/c1-2-3-12-17-13(21(15,19)20)8-18(12)7-9-6-10(16)4-5-11(9)14/h4-6,8H,2-3,7H2,1H3. The van der Waals surface area contributed by atoms with Gasteiger partial charge in [-0.05, 0) is 30.2 Å². The van der Waals surface area contributed by atoms with Gasteiger partial charge < -0.3 is 4.57 Å². The molecule has 1 aromatic heterocycles. The summed E-state index contributed by atoms with van der Waals surface area (Å²) in [6.45, 7) is 2.28. The van der Waals surface area contributed by atoms with Crippen LogP contribution in [0.15, 0.2) is 33.9 Å². The van der Waals surface area contributed by atoms with Crippen molar-refractivity contribution in [1.82, 2.24) is 9.55 Å². The van der Waals surface area contributed by atoms with Crippen LogP contribution in [0.25, 0.3) is 0 Å². The highest BCUT2D eigenvalue weighted by Gasteiger charge is 2.18. The highest BCUT2D eigenvalue weighted by molar-refractivity contribution is 9.10. The first-order valence-corrected chi connectivity index (χ1v) is 9.36. The van der Waals surface area contributed by atoms with E-state index in [0.717, 1.165) is 10.9 Å². The molecule has 0 bridgehead atoms. The largest absolute Gasteiger partial charge is 0.329 e. The molecule has 0 aliphatic rings. The average molecular weight is 396 g/mol. The summed E-state index contributed by atoms with van der Waals surface area (Å²) in [7, 11) is 1.45. The zero-order chi connectivity index (χ0) is 15.6. The van der Waals surface area contributed by atoms with Gasteiger partial charge in [0.15, 0.2) is 5.03 Å². The van der Waals surface area contributed by atoms with Crippen molar-refractivity contribution in [2.24, 2.45) is 0 Å². The number of rotatable bonds is 5. The summed E-state index contributed by atoms with van der Waals surface area (Å²) in [5, 5.41) is -0.180. The average Bonchev–Trinajstić information content (AvgIpc) is 2.78. The maximum Gasteiger partial charge on any atom is 0.280 e. The van der Waals surface area contributed by atoms with E-state index < -0.39 is 9.05 Å². The van der Waals surface area contributed by atoms with Crippen molar-refractivity contribution in [1.29, 1.82) is 0 Å². The molecule has 0 unspecified atom stereocenters. The second kappa shape index (κ2) is 6.46. The highest BCUT2D eigenvalue weighted by Crippen LogP contribution is 2.22. The van der Waals surface area contributed by atoms with Gasteiger partial charge in [-0.15, -0.1) is 0 Å². The van der Waals surface area contributed by atoms with E-state index in [1.807, 2.05) is 6.92 Å². The Hall–Kier alpha value is -0.920. The molecule has 2 aromatic rings. The van der Waals surface area contributed by atoms with Gasteiger partial charge in [-0.1, -0.05) is 22.9 Å². The molecule has 0 amide bonds. The molecule has 8 heteroatoms. The maximum absolute atomic E-state index is 13.3. The minimum atomic E-state index is -3.88. The molecular weight excluding hydrogens is 383 g/mol. The first kappa shape index (κ1) is 16.5. The number of aryl methyl sites for hydroxylation is 1. The van der Waals surface area contributed by atoms with Gasteiger partial charge in [-0.3, -0.25) is 0 Å². The van der Waals surface area contributed by atoms with Crippen LogP contribution in [-0.2, 0) is 22.0 Å². The fourth-order valence-corrected chi connectivity index (χ4v) is 3.02. The molecule has 0 fully saturated rings. The summed E-state index contributed by atoms with van der Waals surface area (Å²) in [6, 6.07) is 4.36. The predicted molar refractivity (Wildman–Crippen MR) is 82.5 cm³/mol. The second-order valence-corrected chi connectivity index (χ2v) is 7.91. The van der Waals surface area contributed by atoms with Crippen LogP contribution in [0.3, 0.4) is 0 Å². The molecular formula is C13H13BrClFN2O2S. The van der Waals surface area contributed by atoms with Gasteiger partial charge >= 0.3 is 0 Å². The van der Waals surface area contributed by atoms with E-state index in [1.54, 1.807) is 10.6 Å². The quantitative estimate of drug-likeness (QED) is 0.725. The van der Waals surface area contributed by atoms with Gasteiger partial charge in [0.25, 0.3) is 9.05 Å². The lowest BCUT2D eigenvalue weighted by atomic mass is 10.2. The molecule has 0 radical (unpaired) electrons. The molecule has 2 rings (SSSR count). The van der Waals surface area contributed by atoms with E-state index in [9.17, 15) is 12.8 Å². The van der Waals surface area contributed by atoms with Crippen LogP contribution in [0, 0.1) is 5.82 Å². The third-order valence-corrected chi connectivity index (χ3v) is 4.85. The van der Waals surface area contributed by atoms with Gasteiger partial charge in [-0.25, -0.2) is 17.8 Å². The summed E-state index contributed by atoms with van der Waals surface area (Å²) in [5.41, 5.74) is 0.697. The van der Waals surface area contributed by atoms with E-state index in [-0.39, 0.29) is 10.8 Å². The van der Waals surface area contributed by atoms with Crippen LogP contribution < -0.4 is 0 Å². The highest BCUT2D eigenvalue weighted by atomic mass is 79.9. The molecule has 21 heavy (non-hydrogen) atoms. The third kappa shape index (κ3) is 4.05. The normalized spacial score (nSPS) is 11.8. The summed E-state index contributed by atoms with van der Waals surface area (Å²) in [4.78, 5) is 4.05. The second-order valence-electron chi connectivity index (χ2n) is 4.55. The minimum Gasteiger partial charge on any atom is -0.329 e.